The van der Waals surface area contributed by atoms with Crippen LogP contribution < -0.4 is 14.5 Å². The van der Waals surface area contributed by atoms with Gasteiger partial charge in [0, 0.05) is 61.8 Å². The zero-order valence-electron chi connectivity index (χ0n) is 22.5. The number of carboxylic acid groups (broad SMARTS) is 1. The zero-order valence-corrected chi connectivity index (χ0v) is 23.3. The van der Waals surface area contributed by atoms with Gasteiger partial charge in [0.2, 0.25) is 0 Å². The van der Waals surface area contributed by atoms with E-state index in [0.29, 0.717) is 38.3 Å². The molecule has 6 rings (SSSR count). The van der Waals surface area contributed by atoms with Crippen LogP contribution in [-0.4, -0.2) is 90.4 Å². The predicted octanol–water partition coefficient (Wildman–Crippen LogP) is 4.36. The third kappa shape index (κ3) is 5.17. The molecule has 0 saturated carbocycles. The largest absolute Gasteiger partial charge is 0.465 e. The van der Waals surface area contributed by atoms with E-state index in [1.54, 1.807) is 0 Å². The molecule has 2 aromatic carbocycles. The van der Waals surface area contributed by atoms with Gasteiger partial charge in [0.05, 0.1) is 17.3 Å². The number of anilines is 2. The van der Waals surface area contributed by atoms with Gasteiger partial charge >= 0.3 is 12.1 Å². The highest BCUT2D eigenvalue weighted by molar-refractivity contribution is 6.36. The van der Waals surface area contributed by atoms with E-state index in [0.717, 1.165) is 71.0 Å². The molecule has 1 amide bonds. The number of amides is 1. The Morgan fingerprint density at radius 2 is 1.97 bits per heavy atom. The van der Waals surface area contributed by atoms with Crippen molar-refractivity contribution in [2.24, 2.45) is 5.92 Å². The second-order valence-electron chi connectivity index (χ2n) is 11.1. The van der Waals surface area contributed by atoms with Gasteiger partial charge in [-0.15, -0.1) is 0 Å². The van der Waals surface area contributed by atoms with Crippen molar-refractivity contribution in [2.45, 2.75) is 31.8 Å². The number of carbonyl (C=O) groups is 1. The van der Waals surface area contributed by atoms with Crippen molar-refractivity contribution in [1.29, 1.82) is 0 Å². The third-order valence-corrected chi connectivity index (χ3v) is 8.71. The first-order valence-corrected chi connectivity index (χ1v) is 14.1. The van der Waals surface area contributed by atoms with Gasteiger partial charge in [-0.25, -0.2) is 4.79 Å². The lowest BCUT2D eigenvalue weighted by molar-refractivity contribution is 0.0844. The standard InChI is InChI=1S/C29H35ClN6O3/c1-33-12-5-8-21(33)18-39-28-31-24-17-35(25-10-4-7-20-6-3-9-23(30)26(20)25)13-11-22(24)27(32-28)34(2)14-19-15-36(16-19)29(37)38/h3-4,6-7,9-10,19,21H,5,8,11-18H2,1-2H3,(H,37,38). The lowest BCUT2D eigenvalue weighted by Gasteiger charge is -2.40. The molecule has 3 aliphatic rings. The molecule has 3 aliphatic heterocycles. The fraction of sp³-hybridized carbons (Fsp3) is 0.483. The molecule has 39 heavy (non-hydrogen) atoms. The monoisotopic (exact) mass is 550 g/mol. The van der Waals surface area contributed by atoms with E-state index < -0.39 is 6.09 Å². The molecule has 9 nitrogen and oxygen atoms in total. The Labute approximate surface area is 233 Å². The lowest BCUT2D eigenvalue weighted by atomic mass is 9.99. The van der Waals surface area contributed by atoms with Crippen LogP contribution in [0.2, 0.25) is 5.02 Å². The first-order chi connectivity index (χ1) is 18.9. The number of aromatic nitrogens is 2. The van der Waals surface area contributed by atoms with Crippen molar-refractivity contribution in [3.8, 4) is 6.01 Å². The number of ether oxygens (including phenoxy) is 1. The number of hydrogen-bond acceptors (Lipinski definition) is 7. The molecule has 1 N–H and O–H groups in total. The third-order valence-electron chi connectivity index (χ3n) is 8.39. The molecule has 2 saturated heterocycles. The summed E-state index contributed by atoms with van der Waals surface area (Å²) in [7, 11) is 4.18. The summed E-state index contributed by atoms with van der Waals surface area (Å²) < 4.78 is 6.23. The molecule has 1 unspecified atom stereocenters. The van der Waals surface area contributed by atoms with Crippen LogP contribution in [0.5, 0.6) is 6.01 Å². The van der Waals surface area contributed by atoms with Crippen LogP contribution in [0.15, 0.2) is 36.4 Å². The van der Waals surface area contributed by atoms with Crippen molar-refractivity contribution in [3.05, 3.63) is 52.7 Å². The zero-order chi connectivity index (χ0) is 27.1. The van der Waals surface area contributed by atoms with Gasteiger partial charge in [-0.3, -0.25) is 0 Å². The smallest absolute Gasteiger partial charge is 0.407 e. The molecule has 4 heterocycles. The maximum Gasteiger partial charge on any atom is 0.407 e. The fourth-order valence-corrected chi connectivity index (χ4v) is 6.47. The Morgan fingerprint density at radius 3 is 2.72 bits per heavy atom. The average molecular weight is 551 g/mol. The number of rotatable bonds is 7. The van der Waals surface area contributed by atoms with Crippen LogP contribution in [0.4, 0.5) is 16.3 Å². The number of benzene rings is 2. The molecule has 1 aromatic heterocycles. The number of nitrogens with zero attached hydrogens (tertiary/aromatic N) is 6. The van der Waals surface area contributed by atoms with Crippen LogP contribution >= 0.6 is 11.6 Å². The van der Waals surface area contributed by atoms with E-state index >= 15 is 0 Å². The summed E-state index contributed by atoms with van der Waals surface area (Å²) in [6, 6.07) is 13.1. The van der Waals surface area contributed by atoms with Crippen molar-refractivity contribution < 1.29 is 14.6 Å². The second-order valence-corrected chi connectivity index (χ2v) is 11.5. The summed E-state index contributed by atoms with van der Waals surface area (Å²) in [5.74, 6) is 1.17. The molecule has 0 bridgehead atoms. The lowest BCUT2D eigenvalue weighted by Crippen LogP contribution is -2.53. The Kier molecular flexibility index (Phi) is 7.12. The van der Waals surface area contributed by atoms with E-state index in [2.05, 4.69) is 46.0 Å². The van der Waals surface area contributed by atoms with Gasteiger partial charge < -0.3 is 29.4 Å². The topological polar surface area (TPSA) is 85.3 Å². The van der Waals surface area contributed by atoms with Gasteiger partial charge in [-0.1, -0.05) is 35.9 Å². The van der Waals surface area contributed by atoms with Gasteiger partial charge in [0.25, 0.3) is 0 Å². The van der Waals surface area contributed by atoms with E-state index in [1.165, 1.54) is 11.3 Å². The predicted molar refractivity (Wildman–Crippen MR) is 153 cm³/mol. The highest BCUT2D eigenvalue weighted by Gasteiger charge is 2.33. The fourth-order valence-electron chi connectivity index (χ4n) is 6.19. The van der Waals surface area contributed by atoms with Crippen molar-refractivity contribution >= 4 is 40.0 Å². The average Bonchev–Trinajstić information content (AvgIpc) is 3.32. The van der Waals surface area contributed by atoms with E-state index in [-0.39, 0.29) is 5.92 Å². The summed E-state index contributed by atoms with van der Waals surface area (Å²) in [5.41, 5.74) is 3.22. The minimum Gasteiger partial charge on any atom is -0.465 e. The molecule has 0 radical (unpaired) electrons. The SMILES string of the molecule is CN(CC1CN(C(=O)O)C1)c1nc(OCC2CCCN2C)nc2c1CCN(c1cccc3cccc(Cl)c13)C2. The van der Waals surface area contributed by atoms with Crippen LogP contribution in [0, 0.1) is 5.92 Å². The molecule has 10 heteroatoms. The highest BCUT2D eigenvalue weighted by Crippen LogP contribution is 2.37. The number of likely N-dealkylation sites (tertiary alicyclic amines) is 2. The maximum atomic E-state index is 11.2. The van der Waals surface area contributed by atoms with Gasteiger partial charge in [-0.05, 0) is 50.4 Å². The Balaban J connectivity index is 1.29. The number of halogens is 1. The quantitative estimate of drug-likeness (QED) is 0.464. The molecular weight excluding hydrogens is 516 g/mol. The molecule has 206 valence electrons. The molecular formula is C29H35ClN6O3. The first kappa shape index (κ1) is 26.0. The minimum absolute atomic E-state index is 0.283. The molecule has 1 atom stereocenters. The van der Waals surface area contributed by atoms with Crippen molar-refractivity contribution in [3.63, 3.8) is 0 Å². The minimum atomic E-state index is -0.852. The van der Waals surface area contributed by atoms with Crippen LogP contribution in [0.1, 0.15) is 24.1 Å². The van der Waals surface area contributed by atoms with Gasteiger partial charge in [0.1, 0.15) is 12.4 Å². The van der Waals surface area contributed by atoms with Crippen LogP contribution in [-0.2, 0) is 13.0 Å². The number of fused-ring (bicyclic) bond motifs is 2. The highest BCUT2D eigenvalue weighted by atomic mass is 35.5. The summed E-state index contributed by atoms with van der Waals surface area (Å²) in [4.78, 5) is 29.4. The number of likely N-dealkylation sites (N-methyl/N-ethyl adjacent to an activating group) is 1. The normalized spacial score (nSPS) is 19.7. The van der Waals surface area contributed by atoms with Gasteiger partial charge in [-0.2, -0.15) is 9.97 Å². The van der Waals surface area contributed by atoms with Gasteiger partial charge in [0.15, 0.2) is 0 Å². The Bertz CT molecular complexity index is 1380. The van der Waals surface area contributed by atoms with Crippen LogP contribution in [0.3, 0.4) is 0 Å². The molecule has 3 aromatic rings. The Morgan fingerprint density at radius 1 is 1.18 bits per heavy atom. The van der Waals surface area contributed by atoms with E-state index in [4.69, 9.17) is 26.3 Å². The molecule has 0 spiro atoms. The Hall–Kier alpha value is -3.30. The summed E-state index contributed by atoms with van der Waals surface area (Å²) in [6.45, 7) is 4.96. The molecule has 0 aliphatic carbocycles. The van der Waals surface area contributed by atoms with Crippen molar-refractivity contribution in [1.82, 2.24) is 19.8 Å². The number of hydrogen-bond donors (Lipinski definition) is 1. The summed E-state index contributed by atoms with van der Waals surface area (Å²) in [5, 5.41) is 12.2. The first-order valence-electron chi connectivity index (χ1n) is 13.7. The summed E-state index contributed by atoms with van der Waals surface area (Å²) >= 11 is 6.66. The maximum absolute atomic E-state index is 11.2. The molecule has 2 fully saturated rings. The van der Waals surface area contributed by atoms with Crippen molar-refractivity contribution in [2.75, 3.05) is 63.2 Å². The van der Waals surface area contributed by atoms with E-state index in [1.807, 2.05) is 19.2 Å². The van der Waals surface area contributed by atoms with Crippen LogP contribution in [0.25, 0.3) is 10.8 Å². The van der Waals surface area contributed by atoms with E-state index in [9.17, 15) is 9.90 Å². The second kappa shape index (κ2) is 10.7. The summed E-state index contributed by atoms with van der Waals surface area (Å²) in [6.07, 6.45) is 2.24.